The van der Waals surface area contributed by atoms with E-state index in [1.807, 2.05) is 6.92 Å². The number of benzene rings is 1. The summed E-state index contributed by atoms with van der Waals surface area (Å²) in [4.78, 5) is 11.6. The van der Waals surface area contributed by atoms with Crippen molar-refractivity contribution in [2.75, 3.05) is 17.6 Å². The molecule has 0 aromatic heterocycles. The summed E-state index contributed by atoms with van der Waals surface area (Å²) in [6.45, 7) is 2.63. The van der Waals surface area contributed by atoms with E-state index in [2.05, 4.69) is 21.2 Å². The van der Waals surface area contributed by atoms with Crippen LogP contribution in [0.1, 0.15) is 13.3 Å². The molecule has 0 saturated carbocycles. The van der Waals surface area contributed by atoms with Crippen LogP contribution in [0.2, 0.25) is 0 Å². The first-order valence-corrected chi connectivity index (χ1v) is 7.43. The highest BCUT2D eigenvalue weighted by Crippen LogP contribution is 2.20. The number of hydrogen-bond donors (Lipinski definition) is 2. The van der Waals surface area contributed by atoms with Gasteiger partial charge in [0.2, 0.25) is 5.91 Å². The van der Waals surface area contributed by atoms with Gasteiger partial charge in [0.05, 0.1) is 11.4 Å². The van der Waals surface area contributed by atoms with Crippen LogP contribution in [0.25, 0.3) is 0 Å². The SMILES string of the molecule is CC(CCN)SCC(=O)Nc1ccc(Br)cc1F. The van der Waals surface area contributed by atoms with Crippen molar-refractivity contribution in [2.24, 2.45) is 5.73 Å². The van der Waals surface area contributed by atoms with Crippen molar-refractivity contribution in [3.05, 3.63) is 28.5 Å². The zero-order valence-corrected chi connectivity index (χ0v) is 12.5. The van der Waals surface area contributed by atoms with E-state index in [0.29, 0.717) is 22.0 Å². The smallest absolute Gasteiger partial charge is 0.234 e. The highest BCUT2D eigenvalue weighted by atomic mass is 79.9. The molecule has 3 N–H and O–H groups in total. The predicted molar refractivity (Wildman–Crippen MR) is 78.3 cm³/mol. The number of carbonyl (C=O) groups is 1. The van der Waals surface area contributed by atoms with Crippen LogP contribution in [-0.4, -0.2) is 23.5 Å². The normalized spacial score (nSPS) is 12.2. The number of halogens is 2. The highest BCUT2D eigenvalue weighted by molar-refractivity contribution is 9.10. The van der Waals surface area contributed by atoms with Gasteiger partial charge in [-0.15, -0.1) is 11.8 Å². The van der Waals surface area contributed by atoms with E-state index in [4.69, 9.17) is 5.73 Å². The van der Waals surface area contributed by atoms with E-state index in [1.54, 1.807) is 6.07 Å². The Hall–Kier alpha value is -0.590. The molecule has 1 aromatic carbocycles. The predicted octanol–water partition coefficient (Wildman–Crippen LogP) is 3.00. The zero-order valence-electron chi connectivity index (χ0n) is 10.1. The number of nitrogens with two attached hydrogens (primary N) is 1. The first-order chi connectivity index (χ1) is 8.52. The van der Waals surface area contributed by atoms with Crippen LogP contribution < -0.4 is 11.1 Å². The molecule has 0 aliphatic rings. The topological polar surface area (TPSA) is 55.1 Å². The third-order valence-electron chi connectivity index (χ3n) is 2.28. The van der Waals surface area contributed by atoms with Crippen molar-refractivity contribution in [1.29, 1.82) is 0 Å². The third kappa shape index (κ3) is 5.37. The summed E-state index contributed by atoms with van der Waals surface area (Å²) in [5.41, 5.74) is 5.63. The molecule has 0 radical (unpaired) electrons. The average Bonchev–Trinajstić information content (AvgIpc) is 2.31. The van der Waals surface area contributed by atoms with Gasteiger partial charge in [0.15, 0.2) is 0 Å². The molecule has 1 amide bonds. The molecule has 0 fully saturated rings. The Morgan fingerprint density at radius 1 is 1.61 bits per heavy atom. The molecule has 0 spiro atoms. The van der Waals surface area contributed by atoms with E-state index >= 15 is 0 Å². The van der Waals surface area contributed by atoms with Crippen molar-refractivity contribution in [2.45, 2.75) is 18.6 Å². The molecule has 1 unspecified atom stereocenters. The minimum Gasteiger partial charge on any atom is -0.330 e. The number of rotatable bonds is 6. The van der Waals surface area contributed by atoms with Crippen LogP contribution in [0.3, 0.4) is 0 Å². The molecule has 1 aromatic rings. The highest BCUT2D eigenvalue weighted by Gasteiger charge is 2.09. The maximum absolute atomic E-state index is 13.5. The quantitative estimate of drug-likeness (QED) is 0.840. The minimum absolute atomic E-state index is 0.204. The molecule has 0 bridgehead atoms. The molecule has 0 aliphatic carbocycles. The lowest BCUT2D eigenvalue weighted by Gasteiger charge is -2.10. The molecule has 18 heavy (non-hydrogen) atoms. The monoisotopic (exact) mass is 334 g/mol. The fraction of sp³-hybridized carbons (Fsp3) is 0.417. The summed E-state index contributed by atoms with van der Waals surface area (Å²) in [5.74, 6) is -0.348. The first-order valence-electron chi connectivity index (χ1n) is 5.59. The van der Waals surface area contributed by atoms with Gasteiger partial charge >= 0.3 is 0 Å². The molecular formula is C12H16BrFN2OS. The second-order valence-electron chi connectivity index (χ2n) is 3.87. The molecule has 1 rings (SSSR count). The van der Waals surface area contributed by atoms with Gasteiger partial charge in [-0.1, -0.05) is 22.9 Å². The molecule has 0 heterocycles. The van der Waals surface area contributed by atoms with E-state index in [-0.39, 0.29) is 11.6 Å². The Kier molecular flexibility index (Phi) is 6.67. The number of carbonyl (C=O) groups excluding carboxylic acids is 1. The average molecular weight is 335 g/mol. The summed E-state index contributed by atoms with van der Waals surface area (Å²) in [5, 5.41) is 2.88. The van der Waals surface area contributed by atoms with Crippen molar-refractivity contribution in [1.82, 2.24) is 0 Å². The maximum atomic E-state index is 13.5. The van der Waals surface area contributed by atoms with Crippen LogP contribution in [-0.2, 0) is 4.79 Å². The van der Waals surface area contributed by atoms with Crippen LogP contribution in [0.15, 0.2) is 22.7 Å². The number of nitrogens with one attached hydrogen (secondary N) is 1. The molecule has 3 nitrogen and oxygen atoms in total. The Balaban J connectivity index is 2.44. The zero-order chi connectivity index (χ0) is 13.5. The lowest BCUT2D eigenvalue weighted by atomic mass is 10.3. The summed E-state index contributed by atoms with van der Waals surface area (Å²) < 4.78 is 14.1. The van der Waals surface area contributed by atoms with Gasteiger partial charge in [-0.2, -0.15) is 0 Å². The van der Waals surface area contributed by atoms with Crippen LogP contribution in [0.4, 0.5) is 10.1 Å². The van der Waals surface area contributed by atoms with Crippen molar-refractivity contribution in [3.63, 3.8) is 0 Å². The van der Waals surface area contributed by atoms with Gasteiger partial charge in [0.25, 0.3) is 0 Å². The van der Waals surface area contributed by atoms with Gasteiger partial charge in [0, 0.05) is 9.72 Å². The van der Waals surface area contributed by atoms with Gasteiger partial charge < -0.3 is 11.1 Å². The lowest BCUT2D eigenvalue weighted by Crippen LogP contribution is -2.17. The number of amides is 1. The molecule has 1 atom stereocenters. The van der Waals surface area contributed by atoms with Gasteiger partial charge in [-0.05, 0) is 31.2 Å². The summed E-state index contributed by atoms with van der Waals surface area (Å²) >= 11 is 4.67. The standard InChI is InChI=1S/C12H16BrFN2OS/c1-8(4-5-15)18-7-12(17)16-11-3-2-9(13)6-10(11)14/h2-3,6,8H,4-5,7,15H2,1H3,(H,16,17). The number of thioether (sulfide) groups is 1. The van der Waals surface area contributed by atoms with Crippen molar-refractivity contribution in [3.8, 4) is 0 Å². The Labute approximate surface area is 119 Å². The molecular weight excluding hydrogens is 319 g/mol. The minimum atomic E-state index is -0.447. The second kappa shape index (κ2) is 7.76. The van der Waals surface area contributed by atoms with E-state index in [1.165, 1.54) is 23.9 Å². The van der Waals surface area contributed by atoms with Crippen molar-refractivity contribution >= 4 is 39.3 Å². The van der Waals surface area contributed by atoms with Crippen LogP contribution in [0, 0.1) is 5.82 Å². The largest absolute Gasteiger partial charge is 0.330 e. The van der Waals surface area contributed by atoms with Crippen LogP contribution in [0.5, 0.6) is 0 Å². The summed E-state index contributed by atoms with van der Waals surface area (Å²) in [7, 11) is 0. The Bertz CT molecular complexity index is 417. The van der Waals surface area contributed by atoms with Crippen molar-refractivity contribution < 1.29 is 9.18 Å². The summed E-state index contributed by atoms with van der Waals surface area (Å²) in [6.07, 6.45) is 0.866. The maximum Gasteiger partial charge on any atom is 0.234 e. The van der Waals surface area contributed by atoms with E-state index < -0.39 is 5.82 Å². The third-order valence-corrected chi connectivity index (χ3v) is 4.00. The molecule has 0 aliphatic heterocycles. The lowest BCUT2D eigenvalue weighted by molar-refractivity contribution is -0.113. The fourth-order valence-corrected chi connectivity index (χ4v) is 2.46. The van der Waals surface area contributed by atoms with Gasteiger partial charge in [0.1, 0.15) is 5.82 Å². The number of anilines is 1. The molecule has 0 saturated heterocycles. The molecule has 6 heteroatoms. The van der Waals surface area contributed by atoms with Gasteiger partial charge in [-0.3, -0.25) is 4.79 Å². The second-order valence-corrected chi connectivity index (χ2v) is 6.21. The Morgan fingerprint density at radius 3 is 2.94 bits per heavy atom. The van der Waals surface area contributed by atoms with Gasteiger partial charge in [-0.25, -0.2) is 4.39 Å². The number of hydrogen-bond acceptors (Lipinski definition) is 3. The Morgan fingerprint density at radius 2 is 2.33 bits per heavy atom. The summed E-state index contributed by atoms with van der Waals surface area (Å²) in [6, 6.07) is 4.54. The van der Waals surface area contributed by atoms with Crippen LogP contribution >= 0.6 is 27.7 Å². The molecule has 100 valence electrons. The fourth-order valence-electron chi connectivity index (χ4n) is 1.31. The van der Waals surface area contributed by atoms with E-state index in [9.17, 15) is 9.18 Å². The van der Waals surface area contributed by atoms with E-state index in [0.717, 1.165) is 6.42 Å². The first kappa shape index (κ1) is 15.5.